The number of hydrogen-bond acceptors (Lipinski definition) is 3. The van der Waals surface area contributed by atoms with Crippen LogP contribution in [0.5, 0.6) is 0 Å². The van der Waals surface area contributed by atoms with Gasteiger partial charge in [0.2, 0.25) is 0 Å². The third kappa shape index (κ3) is 2.82. The predicted molar refractivity (Wildman–Crippen MR) is 64.0 cm³/mol. The molecule has 0 aliphatic carbocycles. The molecule has 2 rings (SSSR count). The monoisotopic (exact) mass is 252 g/mol. The molecule has 0 atom stereocenters. The van der Waals surface area contributed by atoms with Gasteiger partial charge < -0.3 is 5.32 Å². The van der Waals surface area contributed by atoms with Crippen molar-refractivity contribution in [1.82, 2.24) is 14.8 Å². The molecule has 0 radical (unpaired) electrons. The molecule has 0 unspecified atom stereocenters. The Labute approximate surface area is 104 Å². The molecule has 1 aromatic carbocycles. The molecule has 1 N–H and O–H groups in total. The van der Waals surface area contributed by atoms with Gasteiger partial charge in [-0.1, -0.05) is 6.92 Å². The van der Waals surface area contributed by atoms with Gasteiger partial charge in [0.15, 0.2) is 11.6 Å². The van der Waals surface area contributed by atoms with Gasteiger partial charge in [0.25, 0.3) is 0 Å². The van der Waals surface area contributed by atoms with E-state index in [4.69, 9.17) is 0 Å². The summed E-state index contributed by atoms with van der Waals surface area (Å²) in [5.74, 6) is -0.952. The summed E-state index contributed by atoms with van der Waals surface area (Å²) in [6.07, 6.45) is 2.44. The van der Waals surface area contributed by atoms with Crippen LogP contribution in [0, 0.1) is 11.6 Å². The van der Waals surface area contributed by atoms with E-state index in [9.17, 15) is 8.78 Å². The van der Waals surface area contributed by atoms with Crippen molar-refractivity contribution in [2.75, 3.05) is 5.32 Å². The highest BCUT2D eigenvalue weighted by Gasteiger charge is 2.05. The largest absolute Gasteiger partial charge is 0.378 e. The third-order valence-electron chi connectivity index (χ3n) is 2.50. The number of anilines is 1. The average Bonchev–Trinajstić information content (AvgIpc) is 2.79. The Morgan fingerprint density at radius 2 is 2.11 bits per heavy atom. The second kappa shape index (κ2) is 5.57. The minimum Gasteiger partial charge on any atom is -0.378 e. The van der Waals surface area contributed by atoms with Crippen LogP contribution in [0.25, 0.3) is 0 Å². The number of rotatable bonds is 5. The van der Waals surface area contributed by atoms with Crippen LogP contribution in [0.2, 0.25) is 0 Å². The van der Waals surface area contributed by atoms with Gasteiger partial charge in [-0.05, 0) is 18.6 Å². The summed E-state index contributed by atoms with van der Waals surface area (Å²) >= 11 is 0. The van der Waals surface area contributed by atoms with E-state index in [2.05, 4.69) is 15.4 Å². The Morgan fingerprint density at radius 3 is 2.83 bits per heavy atom. The lowest BCUT2D eigenvalue weighted by Gasteiger charge is -2.07. The number of aryl methyl sites for hydroxylation is 1. The first-order valence-corrected chi connectivity index (χ1v) is 5.76. The van der Waals surface area contributed by atoms with E-state index in [0.717, 1.165) is 30.9 Å². The van der Waals surface area contributed by atoms with Gasteiger partial charge in [0, 0.05) is 18.3 Å². The minimum absolute atomic E-state index is 0.422. The van der Waals surface area contributed by atoms with Gasteiger partial charge in [-0.2, -0.15) is 5.10 Å². The van der Waals surface area contributed by atoms with Gasteiger partial charge >= 0.3 is 0 Å². The first-order valence-electron chi connectivity index (χ1n) is 5.76. The number of nitrogens with zero attached hydrogens (tertiary/aromatic N) is 3. The van der Waals surface area contributed by atoms with Crippen LogP contribution in [0.1, 0.15) is 19.2 Å². The van der Waals surface area contributed by atoms with Crippen LogP contribution in [-0.4, -0.2) is 14.8 Å². The van der Waals surface area contributed by atoms with Crippen LogP contribution in [0.3, 0.4) is 0 Å². The topological polar surface area (TPSA) is 42.7 Å². The Hall–Kier alpha value is -1.98. The molecule has 0 aliphatic heterocycles. The molecule has 2 aromatic rings. The molecule has 0 bridgehead atoms. The van der Waals surface area contributed by atoms with E-state index in [-0.39, 0.29) is 0 Å². The van der Waals surface area contributed by atoms with Crippen molar-refractivity contribution in [3.63, 3.8) is 0 Å². The lowest BCUT2D eigenvalue weighted by molar-refractivity contribution is 0.509. The molecule has 0 amide bonds. The molecule has 0 aliphatic rings. The molecular weight excluding hydrogens is 238 g/mol. The van der Waals surface area contributed by atoms with Gasteiger partial charge in [-0.3, -0.25) is 0 Å². The smallest absolute Gasteiger partial charge is 0.160 e. The molecular formula is C12H14F2N4. The standard InChI is InChI=1S/C12H14F2N4/c1-2-5-18-12(16-8-17-18)7-15-9-3-4-10(13)11(14)6-9/h3-4,6,8,15H,2,5,7H2,1H3. The summed E-state index contributed by atoms with van der Waals surface area (Å²) in [5.41, 5.74) is 0.514. The summed E-state index contributed by atoms with van der Waals surface area (Å²) in [5, 5.41) is 7.07. The van der Waals surface area contributed by atoms with Crippen molar-refractivity contribution in [2.45, 2.75) is 26.4 Å². The van der Waals surface area contributed by atoms with Crippen molar-refractivity contribution in [3.05, 3.63) is 42.0 Å². The van der Waals surface area contributed by atoms with Gasteiger partial charge in [0.05, 0.1) is 6.54 Å². The van der Waals surface area contributed by atoms with Gasteiger partial charge in [-0.25, -0.2) is 18.4 Å². The van der Waals surface area contributed by atoms with Crippen LogP contribution in [-0.2, 0) is 13.1 Å². The van der Waals surface area contributed by atoms with Gasteiger partial charge in [-0.15, -0.1) is 0 Å². The molecule has 6 heteroatoms. The fourth-order valence-corrected chi connectivity index (χ4v) is 1.61. The van der Waals surface area contributed by atoms with Crippen molar-refractivity contribution < 1.29 is 8.78 Å². The predicted octanol–water partition coefficient (Wildman–Crippen LogP) is 2.58. The maximum absolute atomic E-state index is 13.0. The minimum atomic E-state index is -0.866. The fourth-order valence-electron chi connectivity index (χ4n) is 1.61. The molecule has 18 heavy (non-hydrogen) atoms. The lowest BCUT2D eigenvalue weighted by atomic mass is 10.3. The number of halogens is 2. The number of hydrogen-bond donors (Lipinski definition) is 1. The second-order valence-corrected chi connectivity index (χ2v) is 3.88. The SMILES string of the molecule is CCCn1ncnc1CNc1ccc(F)c(F)c1. The van der Waals surface area contributed by atoms with E-state index in [1.54, 1.807) is 4.68 Å². The molecule has 1 heterocycles. The van der Waals surface area contributed by atoms with E-state index in [0.29, 0.717) is 12.2 Å². The number of benzene rings is 1. The van der Waals surface area contributed by atoms with E-state index >= 15 is 0 Å². The van der Waals surface area contributed by atoms with Crippen molar-refractivity contribution >= 4 is 5.69 Å². The quantitative estimate of drug-likeness (QED) is 0.889. The summed E-state index contributed by atoms with van der Waals surface area (Å²) in [7, 11) is 0. The lowest BCUT2D eigenvalue weighted by Crippen LogP contribution is -2.10. The Balaban J connectivity index is 2.02. The summed E-state index contributed by atoms with van der Waals surface area (Å²) in [6.45, 7) is 3.26. The molecule has 1 aromatic heterocycles. The molecule has 4 nitrogen and oxygen atoms in total. The molecule has 0 saturated carbocycles. The van der Waals surface area contributed by atoms with Crippen LogP contribution >= 0.6 is 0 Å². The highest BCUT2D eigenvalue weighted by molar-refractivity contribution is 5.43. The van der Waals surface area contributed by atoms with Crippen molar-refractivity contribution in [2.24, 2.45) is 0 Å². The Bertz CT molecular complexity index is 525. The highest BCUT2D eigenvalue weighted by Crippen LogP contribution is 2.13. The van der Waals surface area contributed by atoms with E-state index in [1.165, 1.54) is 12.4 Å². The zero-order valence-corrected chi connectivity index (χ0v) is 10.0. The number of nitrogens with one attached hydrogen (secondary N) is 1. The van der Waals surface area contributed by atoms with Gasteiger partial charge in [0.1, 0.15) is 12.2 Å². The third-order valence-corrected chi connectivity index (χ3v) is 2.50. The highest BCUT2D eigenvalue weighted by atomic mass is 19.2. The fraction of sp³-hybridized carbons (Fsp3) is 0.333. The maximum Gasteiger partial charge on any atom is 0.160 e. The van der Waals surface area contributed by atoms with Crippen molar-refractivity contribution in [1.29, 1.82) is 0 Å². The average molecular weight is 252 g/mol. The van der Waals surface area contributed by atoms with E-state index < -0.39 is 11.6 Å². The molecule has 0 spiro atoms. The summed E-state index contributed by atoms with van der Waals surface area (Å²) < 4.78 is 27.5. The first-order chi connectivity index (χ1) is 8.70. The number of aromatic nitrogens is 3. The summed E-state index contributed by atoms with van der Waals surface area (Å²) in [6, 6.07) is 3.70. The summed E-state index contributed by atoms with van der Waals surface area (Å²) in [4.78, 5) is 4.11. The van der Waals surface area contributed by atoms with Crippen molar-refractivity contribution in [3.8, 4) is 0 Å². The molecule has 0 saturated heterocycles. The second-order valence-electron chi connectivity index (χ2n) is 3.88. The zero-order chi connectivity index (χ0) is 13.0. The molecule has 96 valence electrons. The first kappa shape index (κ1) is 12.5. The van der Waals surface area contributed by atoms with Crippen LogP contribution in [0.15, 0.2) is 24.5 Å². The maximum atomic E-state index is 13.0. The van der Waals surface area contributed by atoms with E-state index in [1.807, 2.05) is 6.92 Å². The normalized spacial score (nSPS) is 10.6. The Kier molecular flexibility index (Phi) is 3.86. The Morgan fingerprint density at radius 1 is 1.28 bits per heavy atom. The van der Waals surface area contributed by atoms with Crippen LogP contribution in [0.4, 0.5) is 14.5 Å². The van der Waals surface area contributed by atoms with Crippen LogP contribution < -0.4 is 5.32 Å². The zero-order valence-electron chi connectivity index (χ0n) is 10.0. The molecule has 0 fully saturated rings.